The number of aryl methyl sites for hydroxylation is 1. The fourth-order valence-electron chi connectivity index (χ4n) is 1.52. The summed E-state index contributed by atoms with van der Waals surface area (Å²) in [5.74, 6) is -0.373. The predicted molar refractivity (Wildman–Crippen MR) is 62.5 cm³/mol. The van der Waals surface area contributed by atoms with Gasteiger partial charge in [0.05, 0.1) is 0 Å². The number of nitrogens with zero attached hydrogens (tertiary/aromatic N) is 3. The number of carbonyl (C=O) groups is 1. The second-order valence-corrected chi connectivity index (χ2v) is 3.88. The molecule has 0 aliphatic heterocycles. The summed E-state index contributed by atoms with van der Waals surface area (Å²) in [6.45, 7) is 3.54. The predicted octanol–water partition coefficient (Wildman–Crippen LogP) is 1.90. The van der Waals surface area contributed by atoms with Gasteiger partial charge in [0.2, 0.25) is 0 Å². The Labute approximate surface area is 98.7 Å². The third-order valence-corrected chi connectivity index (χ3v) is 2.65. The Morgan fingerprint density at radius 3 is 2.76 bits per heavy atom. The van der Waals surface area contributed by atoms with Crippen molar-refractivity contribution in [2.45, 2.75) is 19.9 Å². The molecule has 1 atom stereocenters. The van der Waals surface area contributed by atoms with E-state index >= 15 is 0 Å². The van der Waals surface area contributed by atoms with E-state index in [1.54, 1.807) is 6.92 Å². The molecule has 5 heteroatoms. The summed E-state index contributed by atoms with van der Waals surface area (Å²) >= 11 is 0. The van der Waals surface area contributed by atoms with E-state index in [0.29, 0.717) is 5.82 Å². The molecule has 0 amide bonds. The van der Waals surface area contributed by atoms with Crippen LogP contribution in [0.5, 0.6) is 0 Å². The fraction of sp³-hybridized carbons (Fsp3) is 0.250. The molecular weight excluding hydrogens is 218 g/mol. The Morgan fingerprint density at radius 1 is 1.41 bits per heavy atom. The zero-order valence-corrected chi connectivity index (χ0v) is 9.66. The molecule has 1 unspecified atom stereocenters. The largest absolute Gasteiger partial charge is 0.480 e. The van der Waals surface area contributed by atoms with Crippen molar-refractivity contribution < 1.29 is 9.90 Å². The van der Waals surface area contributed by atoms with Gasteiger partial charge in [-0.15, -0.1) is 0 Å². The average Bonchev–Trinajstić information content (AvgIpc) is 2.77. The summed E-state index contributed by atoms with van der Waals surface area (Å²) < 4.78 is 1.35. The minimum absolute atomic E-state index is 0.552. The van der Waals surface area contributed by atoms with E-state index in [2.05, 4.69) is 10.1 Å². The highest BCUT2D eigenvalue weighted by atomic mass is 16.4. The molecule has 17 heavy (non-hydrogen) atoms. The highest BCUT2D eigenvalue weighted by Crippen LogP contribution is 2.19. The summed E-state index contributed by atoms with van der Waals surface area (Å²) in [5, 5.41) is 13.1. The molecule has 0 saturated heterocycles. The lowest BCUT2D eigenvalue weighted by atomic mass is 10.1. The Bertz CT molecular complexity index is 548. The van der Waals surface area contributed by atoms with Crippen LogP contribution in [0.2, 0.25) is 0 Å². The second-order valence-electron chi connectivity index (χ2n) is 3.88. The molecule has 2 rings (SSSR count). The van der Waals surface area contributed by atoms with Crippen LogP contribution in [0.1, 0.15) is 18.5 Å². The van der Waals surface area contributed by atoms with Crippen LogP contribution in [0.3, 0.4) is 0 Å². The topological polar surface area (TPSA) is 68.0 Å². The van der Waals surface area contributed by atoms with Gasteiger partial charge < -0.3 is 5.11 Å². The van der Waals surface area contributed by atoms with Crippen molar-refractivity contribution in [1.29, 1.82) is 0 Å². The maximum Gasteiger partial charge on any atom is 0.328 e. The van der Waals surface area contributed by atoms with Crippen molar-refractivity contribution in [1.82, 2.24) is 14.8 Å². The van der Waals surface area contributed by atoms with E-state index in [0.717, 1.165) is 11.1 Å². The number of carboxylic acid groups (broad SMARTS) is 1. The van der Waals surface area contributed by atoms with Crippen LogP contribution in [0.4, 0.5) is 0 Å². The van der Waals surface area contributed by atoms with Gasteiger partial charge >= 0.3 is 5.97 Å². The lowest BCUT2D eigenvalue weighted by Gasteiger charge is -2.04. The monoisotopic (exact) mass is 231 g/mol. The number of hydrogen-bond donors (Lipinski definition) is 1. The van der Waals surface area contributed by atoms with Crippen molar-refractivity contribution in [2.24, 2.45) is 0 Å². The molecule has 5 nitrogen and oxygen atoms in total. The van der Waals surface area contributed by atoms with Crippen LogP contribution in [0.15, 0.2) is 30.6 Å². The Kier molecular flexibility index (Phi) is 2.91. The molecule has 1 N–H and O–H groups in total. The third-order valence-electron chi connectivity index (χ3n) is 2.65. The van der Waals surface area contributed by atoms with Gasteiger partial charge in [0.15, 0.2) is 5.82 Å². The molecule has 0 fully saturated rings. The van der Waals surface area contributed by atoms with Crippen LogP contribution < -0.4 is 0 Å². The first kappa shape index (κ1) is 11.3. The summed E-state index contributed by atoms with van der Waals surface area (Å²) in [6, 6.07) is 7.02. The summed E-state index contributed by atoms with van der Waals surface area (Å²) in [4.78, 5) is 15.0. The Morgan fingerprint density at radius 2 is 2.12 bits per heavy atom. The highest BCUT2D eigenvalue weighted by molar-refractivity contribution is 5.71. The first-order chi connectivity index (χ1) is 8.09. The first-order valence-corrected chi connectivity index (χ1v) is 5.29. The van der Waals surface area contributed by atoms with Gasteiger partial charge in [-0.05, 0) is 19.4 Å². The number of aliphatic carboxylic acids is 1. The summed E-state index contributed by atoms with van der Waals surface area (Å²) in [6.07, 6.45) is 1.44. The maximum absolute atomic E-state index is 10.8. The SMILES string of the molecule is Cc1ccccc1-c1ncn(C(C)C(=O)O)n1. The molecule has 0 spiro atoms. The van der Waals surface area contributed by atoms with E-state index in [-0.39, 0.29) is 0 Å². The molecule has 88 valence electrons. The van der Waals surface area contributed by atoms with Gasteiger partial charge in [-0.3, -0.25) is 0 Å². The van der Waals surface area contributed by atoms with Crippen LogP contribution in [-0.4, -0.2) is 25.8 Å². The van der Waals surface area contributed by atoms with Crippen molar-refractivity contribution >= 4 is 5.97 Å². The van der Waals surface area contributed by atoms with Gasteiger partial charge in [-0.25, -0.2) is 14.5 Å². The number of rotatable bonds is 3. The molecule has 0 bridgehead atoms. The smallest absolute Gasteiger partial charge is 0.328 e. The maximum atomic E-state index is 10.8. The third kappa shape index (κ3) is 2.18. The van der Waals surface area contributed by atoms with Gasteiger partial charge in [-0.1, -0.05) is 24.3 Å². The van der Waals surface area contributed by atoms with Crippen molar-refractivity contribution in [3.63, 3.8) is 0 Å². The molecule has 0 saturated carbocycles. The standard InChI is InChI=1S/C12H13N3O2/c1-8-5-3-4-6-10(8)11-13-7-15(14-11)9(2)12(16)17/h3-7,9H,1-2H3,(H,16,17). The van der Waals surface area contributed by atoms with Crippen LogP contribution in [-0.2, 0) is 4.79 Å². The molecule has 1 aromatic carbocycles. The average molecular weight is 231 g/mol. The van der Waals surface area contributed by atoms with E-state index in [1.165, 1.54) is 11.0 Å². The lowest BCUT2D eigenvalue weighted by molar-refractivity contribution is -0.140. The number of hydrogen-bond acceptors (Lipinski definition) is 3. The van der Waals surface area contributed by atoms with E-state index < -0.39 is 12.0 Å². The molecule has 0 aliphatic carbocycles. The van der Waals surface area contributed by atoms with E-state index in [4.69, 9.17) is 5.11 Å². The van der Waals surface area contributed by atoms with Crippen LogP contribution in [0, 0.1) is 6.92 Å². The van der Waals surface area contributed by atoms with Crippen LogP contribution >= 0.6 is 0 Å². The van der Waals surface area contributed by atoms with Gasteiger partial charge in [-0.2, -0.15) is 5.10 Å². The fourth-order valence-corrected chi connectivity index (χ4v) is 1.52. The zero-order chi connectivity index (χ0) is 12.4. The minimum Gasteiger partial charge on any atom is -0.480 e. The van der Waals surface area contributed by atoms with E-state index in [9.17, 15) is 4.79 Å². The molecule has 0 radical (unpaired) electrons. The number of benzene rings is 1. The number of aromatic nitrogens is 3. The highest BCUT2D eigenvalue weighted by Gasteiger charge is 2.15. The Hall–Kier alpha value is -2.17. The zero-order valence-electron chi connectivity index (χ0n) is 9.66. The molecule has 1 heterocycles. The van der Waals surface area contributed by atoms with Crippen molar-refractivity contribution in [3.05, 3.63) is 36.2 Å². The van der Waals surface area contributed by atoms with E-state index in [1.807, 2.05) is 31.2 Å². The second kappa shape index (κ2) is 4.37. The van der Waals surface area contributed by atoms with Gasteiger partial charge in [0.25, 0.3) is 0 Å². The molecule has 0 aliphatic rings. The van der Waals surface area contributed by atoms with Crippen LogP contribution in [0.25, 0.3) is 11.4 Å². The quantitative estimate of drug-likeness (QED) is 0.876. The summed E-state index contributed by atoms with van der Waals surface area (Å²) in [5.41, 5.74) is 1.98. The first-order valence-electron chi connectivity index (χ1n) is 5.29. The van der Waals surface area contributed by atoms with Gasteiger partial charge in [0, 0.05) is 5.56 Å². The molecular formula is C12H13N3O2. The molecule has 1 aromatic heterocycles. The molecule has 2 aromatic rings. The van der Waals surface area contributed by atoms with Gasteiger partial charge in [0.1, 0.15) is 12.4 Å². The summed E-state index contributed by atoms with van der Waals surface area (Å²) in [7, 11) is 0. The normalized spacial score (nSPS) is 12.4. The minimum atomic E-state index is -0.925. The van der Waals surface area contributed by atoms with Crippen molar-refractivity contribution in [3.8, 4) is 11.4 Å². The lowest BCUT2D eigenvalue weighted by Crippen LogP contribution is -2.15. The van der Waals surface area contributed by atoms with Crippen molar-refractivity contribution in [2.75, 3.05) is 0 Å². The Balaban J connectivity index is 2.37. The number of carboxylic acids is 1.